The molecule has 4 amide bonds. The average molecular weight is 503 g/mol. The first-order valence-corrected chi connectivity index (χ1v) is 12.0. The van der Waals surface area contributed by atoms with Crippen LogP contribution >= 0.6 is 0 Å². The first-order valence-electron chi connectivity index (χ1n) is 12.0. The summed E-state index contributed by atoms with van der Waals surface area (Å²) in [6, 6.07) is 12.3. The minimum Gasteiger partial charge on any atom is -0.447 e. The van der Waals surface area contributed by atoms with E-state index in [1.54, 1.807) is 0 Å². The van der Waals surface area contributed by atoms with Gasteiger partial charge in [0.1, 0.15) is 18.2 Å². The summed E-state index contributed by atoms with van der Waals surface area (Å²) in [7, 11) is 0. The van der Waals surface area contributed by atoms with Gasteiger partial charge in [-0.2, -0.15) is 0 Å². The van der Waals surface area contributed by atoms with E-state index in [2.05, 4.69) is 27.7 Å². The van der Waals surface area contributed by atoms with Gasteiger partial charge in [0.15, 0.2) is 0 Å². The van der Waals surface area contributed by atoms with E-state index in [4.69, 9.17) is 4.74 Å². The molecule has 2 aromatic rings. The topological polar surface area (TPSA) is 91.0 Å². The van der Waals surface area contributed by atoms with Gasteiger partial charge in [-0.3, -0.25) is 4.79 Å². The Bertz CT molecular complexity index is 1030. The molecule has 10 heteroatoms. The highest BCUT2D eigenvalue weighted by Crippen LogP contribution is 2.29. The Morgan fingerprint density at radius 2 is 1.72 bits per heavy atom. The van der Waals surface area contributed by atoms with Crippen molar-refractivity contribution in [3.63, 3.8) is 0 Å². The van der Waals surface area contributed by atoms with E-state index < -0.39 is 17.7 Å². The summed E-state index contributed by atoms with van der Waals surface area (Å²) in [6.07, 6.45) is 2.43. The number of benzene rings is 2. The van der Waals surface area contributed by atoms with Crippen LogP contribution in [-0.4, -0.2) is 67.2 Å². The van der Waals surface area contributed by atoms with Crippen LogP contribution in [0, 0.1) is 11.6 Å². The molecule has 8 nitrogen and oxygen atoms in total. The number of cyclic esters (lactones) is 1. The van der Waals surface area contributed by atoms with Crippen LogP contribution in [0.15, 0.2) is 48.5 Å². The van der Waals surface area contributed by atoms with Crippen molar-refractivity contribution in [2.75, 3.05) is 44.6 Å². The Labute approximate surface area is 209 Å². The number of hydrogen-bond acceptors (Lipinski definition) is 5. The number of nitrogens with one attached hydrogen (secondary N) is 2. The van der Waals surface area contributed by atoms with Crippen LogP contribution < -0.4 is 10.6 Å². The van der Waals surface area contributed by atoms with E-state index in [0.29, 0.717) is 19.0 Å². The number of rotatable bonds is 6. The van der Waals surface area contributed by atoms with Gasteiger partial charge in [-0.1, -0.05) is 18.2 Å². The van der Waals surface area contributed by atoms with E-state index >= 15 is 0 Å². The second kappa shape index (κ2) is 13.5. The highest BCUT2D eigenvalue weighted by atomic mass is 19.1. The molecule has 2 saturated heterocycles. The zero-order valence-electron chi connectivity index (χ0n) is 20.3. The molecule has 36 heavy (non-hydrogen) atoms. The smallest absolute Gasteiger partial charge is 0.418 e. The summed E-state index contributed by atoms with van der Waals surface area (Å²) in [5, 5.41) is 5.62. The number of halogens is 2. The molecule has 4 rings (SSSR count). The molecule has 2 aliphatic rings. The molecule has 2 fully saturated rings. The van der Waals surface area contributed by atoms with Gasteiger partial charge >= 0.3 is 12.1 Å². The highest BCUT2D eigenvalue weighted by molar-refractivity contribution is 5.91. The summed E-state index contributed by atoms with van der Waals surface area (Å²) in [6.45, 7) is 5.61. The molecule has 2 N–H and O–H groups in total. The van der Waals surface area contributed by atoms with Crippen LogP contribution in [0.1, 0.15) is 37.7 Å². The molecule has 2 aliphatic heterocycles. The molecule has 0 saturated carbocycles. The quantitative estimate of drug-likeness (QED) is 0.574. The fraction of sp³-hybridized carbons (Fsp3) is 0.423. The van der Waals surface area contributed by atoms with Gasteiger partial charge in [-0.05, 0) is 74.6 Å². The first-order chi connectivity index (χ1) is 17.3. The molecule has 0 spiro atoms. The molecular formula is C26H32F2N4O4. The van der Waals surface area contributed by atoms with Gasteiger partial charge in [0.2, 0.25) is 5.91 Å². The third-order valence-corrected chi connectivity index (χ3v) is 5.99. The van der Waals surface area contributed by atoms with Crippen molar-refractivity contribution in [3.8, 4) is 0 Å². The van der Waals surface area contributed by atoms with Gasteiger partial charge in [-0.25, -0.2) is 23.3 Å². The predicted octanol–water partition coefficient (Wildman–Crippen LogP) is 4.34. The van der Waals surface area contributed by atoms with Gasteiger partial charge in [0, 0.05) is 25.2 Å². The lowest BCUT2D eigenvalue weighted by Crippen LogP contribution is -2.41. The van der Waals surface area contributed by atoms with E-state index in [1.165, 1.54) is 30.7 Å². The lowest BCUT2D eigenvalue weighted by molar-refractivity contribution is -0.114. The molecule has 0 aromatic heterocycles. The predicted molar refractivity (Wildman–Crippen MR) is 132 cm³/mol. The molecule has 2 aromatic carbocycles. The largest absolute Gasteiger partial charge is 0.447 e. The lowest BCUT2D eigenvalue weighted by atomic mass is 9.89. The monoisotopic (exact) mass is 502 g/mol. The van der Waals surface area contributed by atoms with Gasteiger partial charge in [0.25, 0.3) is 0 Å². The molecule has 0 radical (unpaired) electrons. The van der Waals surface area contributed by atoms with Gasteiger partial charge < -0.3 is 20.3 Å². The Morgan fingerprint density at radius 1 is 1.03 bits per heavy atom. The number of anilines is 1. The number of carbonyl (C=O) groups is 3. The zero-order chi connectivity index (χ0) is 25.9. The van der Waals surface area contributed by atoms with E-state index in [1.807, 2.05) is 12.1 Å². The molecule has 194 valence electrons. The lowest BCUT2D eigenvalue weighted by Gasteiger charge is -2.32. The number of imide groups is 1. The second-order valence-electron chi connectivity index (χ2n) is 8.71. The standard InChI is InChI=1S/C20H28N4O4.C6H4F2/c1-15(25)22-18-5-2-4-17(14-18)16-6-10-23(11-7-16)9-3-8-21-19(26)24-12-13-28-20(24)27;7-5-2-1-3-6(8)4-5/h2,4-5,14,16H,3,6-13H2,1H3,(H,21,26)(H,22,25);1-4H. The van der Waals surface area contributed by atoms with Crippen molar-refractivity contribution < 1.29 is 27.9 Å². The van der Waals surface area contributed by atoms with Gasteiger partial charge in [-0.15, -0.1) is 0 Å². The summed E-state index contributed by atoms with van der Waals surface area (Å²) in [5.41, 5.74) is 2.13. The second-order valence-corrected chi connectivity index (χ2v) is 8.71. The van der Waals surface area contributed by atoms with Crippen molar-refractivity contribution in [3.05, 3.63) is 65.7 Å². The minimum atomic E-state index is -0.567. The van der Waals surface area contributed by atoms with E-state index in [9.17, 15) is 23.2 Å². The fourth-order valence-electron chi connectivity index (χ4n) is 4.19. The molecule has 0 unspecified atom stereocenters. The maximum Gasteiger partial charge on any atom is 0.418 e. The number of amides is 4. The van der Waals surface area contributed by atoms with Crippen molar-refractivity contribution in [2.24, 2.45) is 0 Å². The Hall–Kier alpha value is -3.53. The number of nitrogens with zero attached hydrogens (tertiary/aromatic N) is 2. The van der Waals surface area contributed by atoms with Crippen LogP contribution in [-0.2, 0) is 9.53 Å². The van der Waals surface area contributed by atoms with Gasteiger partial charge in [0.05, 0.1) is 6.54 Å². The molecule has 0 bridgehead atoms. The number of urea groups is 1. The first kappa shape index (κ1) is 27.1. The van der Waals surface area contributed by atoms with Crippen molar-refractivity contribution >= 4 is 23.7 Å². The number of carbonyl (C=O) groups excluding carboxylic acids is 3. The van der Waals surface area contributed by atoms with Crippen LogP contribution in [0.2, 0.25) is 0 Å². The van der Waals surface area contributed by atoms with Crippen LogP contribution in [0.25, 0.3) is 0 Å². The Balaban J connectivity index is 0.000000383. The van der Waals surface area contributed by atoms with Crippen LogP contribution in [0.3, 0.4) is 0 Å². The Kier molecular flexibility index (Phi) is 10.2. The molecule has 0 aliphatic carbocycles. The third kappa shape index (κ3) is 8.60. The maximum absolute atomic E-state index is 11.9. The number of piperidine rings is 1. The normalized spacial score (nSPS) is 16.1. The minimum absolute atomic E-state index is 0.0549. The SMILES string of the molecule is CC(=O)Nc1cccc(C2CCN(CCCNC(=O)N3CCOC3=O)CC2)c1.Fc1cccc(F)c1. The van der Waals surface area contributed by atoms with Crippen molar-refractivity contribution in [2.45, 2.75) is 32.1 Å². The van der Waals surface area contributed by atoms with Crippen LogP contribution in [0.4, 0.5) is 24.1 Å². The van der Waals surface area contributed by atoms with E-state index in [0.717, 1.165) is 55.6 Å². The molecular weight excluding hydrogens is 470 g/mol. The zero-order valence-corrected chi connectivity index (χ0v) is 20.3. The van der Waals surface area contributed by atoms with Crippen molar-refractivity contribution in [1.29, 1.82) is 0 Å². The summed E-state index contributed by atoms with van der Waals surface area (Å²) >= 11 is 0. The van der Waals surface area contributed by atoms with E-state index in [-0.39, 0.29) is 18.5 Å². The number of ether oxygens (including phenoxy) is 1. The molecule has 2 heterocycles. The van der Waals surface area contributed by atoms with Crippen LogP contribution in [0.5, 0.6) is 0 Å². The third-order valence-electron chi connectivity index (χ3n) is 5.99. The summed E-state index contributed by atoms with van der Waals surface area (Å²) in [5.74, 6) is -0.624. The molecule has 0 atom stereocenters. The van der Waals surface area contributed by atoms with Crippen molar-refractivity contribution in [1.82, 2.24) is 15.1 Å². The highest BCUT2D eigenvalue weighted by Gasteiger charge is 2.28. The maximum atomic E-state index is 11.9. The number of likely N-dealkylation sites (tertiary alicyclic amines) is 1. The summed E-state index contributed by atoms with van der Waals surface area (Å²) in [4.78, 5) is 37.9. The average Bonchev–Trinajstić information content (AvgIpc) is 3.28. The number of hydrogen-bond donors (Lipinski definition) is 2. The fourth-order valence-corrected chi connectivity index (χ4v) is 4.19. The summed E-state index contributed by atoms with van der Waals surface area (Å²) < 4.78 is 28.6. The Morgan fingerprint density at radius 3 is 2.31 bits per heavy atom.